The first-order valence-electron chi connectivity index (χ1n) is 2.85. The molecule has 0 radical (unpaired) electrons. The van der Waals surface area contributed by atoms with E-state index in [4.69, 9.17) is 5.73 Å². The summed E-state index contributed by atoms with van der Waals surface area (Å²) in [6.07, 6.45) is 1.30. The molecule has 1 aromatic rings. The number of pyridine rings is 1. The monoisotopic (exact) mass is 232 g/mol. The van der Waals surface area contributed by atoms with Crippen LogP contribution >= 0.6 is 24.8 Å². The van der Waals surface area contributed by atoms with E-state index in [1.807, 2.05) is 0 Å². The minimum atomic E-state index is -2.82. The molecule has 0 spiro atoms. The number of hydrogen-bond acceptors (Lipinski definition) is 3. The fraction of sp³-hybridized carbons (Fsp3) is 0.167. The van der Waals surface area contributed by atoms with Gasteiger partial charge in [0.15, 0.2) is 0 Å². The summed E-state index contributed by atoms with van der Waals surface area (Å²) in [5.74, 6) is 0.177. The first kappa shape index (κ1) is 14.7. The first-order valence-corrected chi connectivity index (χ1v) is 2.85. The standard InChI is InChI=1S/C6H6F2N2O.2ClH/c7-6(8)11-4-1-2-10-5(9)3-4;;/h1-3,6H,(H2,9,10);2*1H. The van der Waals surface area contributed by atoms with Gasteiger partial charge in [0.1, 0.15) is 11.6 Å². The van der Waals surface area contributed by atoms with Crippen molar-refractivity contribution in [3.63, 3.8) is 0 Å². The van der Waals surface area contributed by atoms with Crippen molar-refractivity contribution in [3.05, 3.63) is 18.3 Å². The minimum absolute atomic E-state index is 0. The van der Waals surface area contributed by atoms with E-state index in [1.54, 1.807) is 0 Å². The molecule has 0 saturated heterocycles. The van der Waals surface area contributed by atoms with Gasteiger partial charge in [0, 0.05) is 12.3 Å². The number of nitrogens with two attached hydrogens (primary N) is 1. The Kier molecular flexibility index (Phi) is 7.55. The highest BCUT2D eigenvalue weighted by molar-refractivity contribution is 5.85. The smallest absolute Gasteiger partial charge is 0.387 e. The fourth-order valence-corrected chi connectivity index (χ4v) is 0.604. The topological polar surface area (TPSA) is 48.1 Å². The molecule has 0 unspecified atom stereocenters. The normalized spacial score (nSPS) is 8.54. The van der Waals surface area contributed by atoms with Crippen molar-refractivity contribution in [1.82, 2.24) is 4.98 Å². The second-order valence-corrected chi connectivity index (χ2v) is 1.79. The molecule has 0 fully saturated rings. The molecule has 0 bridgehead atoms. The van der Waals surface area contributed by atoms with Crippen molar-refractivity contribution in [2.45, 2.75) is 6.61 Å². The second kappa shape index (κ2) is 6.68. The Hall–Kier alpha value is -0.810. The fourth-order valence-electron chi connectivity index (χ4n) is 0.604. The lowest BCUT2D eigenvalue weighted by molar-refractivity contribution is -0.0498. The number of alkyl halides is 2. The number of anilines is 1. The third-order valence-electron chi connectivity index (χ3n) is 0.978. The maximum absolute atomic E-state index is 11.6. The minimum Gasteiger partial charge on any atom is -0.435 e. The molecule has 0 amide bonds. The number of nitrogen functional groups attached to an aromatic ring is 1. The van der Waals surface area contributed by atoms with Crippen LogP contribution in [0.3, 0.4) is 0 Å². The SMILES string of the molecule is Cl.Cl.Nc1cc(OC(F)F)ccn1. The zero-order chi connectivity index (χ0) is 8.27. The molecule has 0 aliphatic carbocycles. The molecule has 13 heavy (non-hydrogen) atoms. The molecule has 1 aromatic heterocycles. The highest BCUT2D eigenvalue weighted by Crippen LogP contribution is 2.14. The maximum Gasteiger partial charge on any atom is 0.387 e. The lowest BCUT2D eigenvalue weighted by atomic mass is 10.4. The van der Waals surface area contributed by atoms with Gasteiger partial charge in [0.25, 0.3) is 0 Å². The van der Waals surface area contributed by atoms with E-state index in [9.17, 15) is 8.78 Å². The van der Waals surface area contributed by atoms with Crippen molar-refractivity contribution in [2.75, 3.05) is 5.73 Å². The van der Waals surface area contributed by atoms with Crippen molar-refractivity contribution in [1.29, 1.82) is 0 Å². The molecule has 3 nitrogen and oxygen atoms in total. The molecule has 2 N–H and O–H groups in total. The van der Waals surface area contributed by atoms with E-state index in [2.05, 4.69) is 9.72 Å². The molecule has 1 rings (SSSR count). The van der Waals surface area contributed by atoms with Crippen molar-refractivity contribution in [3.8, 4) is 5.75 Å². The Morgan fingerprint density at radius 1 is 1.38 bits per heavy atom. The number of ether oxygens (including phenoxy) is 1. The highest BCUT2D eigenvalue weighted by Gasteiger charge is 2.03. The molecule has 7 heteroatoms. The third-order valence-corrected chi connectivity index (χ3v) is 0.978. The molecular formula is C6H8Cl2F2N2O. The average Bonchev–Trinajstić information content (AvgIpc) is 1.85. The quantitative estimate of drug-likeness (QED) is 0.850. The summed E-state index contributed by atoms with van der Waals surface area (Å²) < 4.78 is 27.2. The van der Waals surface area contributed by atoms with Gasteiger partial charge in [0.05, 0.1) is 0 Å². The zero-order valence-corrected chi connectivity index (χ0v) is 7.95. The van der Waals surface area contributed by atoms with Crippen LogP contribution in [0.4, 0.5) is 14.6 Å². The van der Waals surface area contributed by atoms with Crippen LogP contribution in [0.15, 0.2) is 18.3 Å². The summed E-state index contributed by atoms with van der Waals surface area (Å²) in [5.41, 5.74) is 5.20. The molecule has 1 heterocycles. The third kappa shape index (κ3) is 5.43. The van der Waals surface area contributed by atoms with Crippen LogP contribution in [0, 0.1) is 0 Å². The summed E-state index contributed by atoms with van der Waals surface area (Å²) in [4.78, 5) is 3.60. The molecule has 0 aliphatic rings. The molecule has 0 saturated carbocycles. The average molecular weight is 233 g/mol. The largest absolute Gasteiger partial charge is 0.435 e. The van der Waals surface area contributed by atoms with Gasteiger partial charge >= 0.3 is 6.61 Å². The number of rotatable bonds is 2. The zero-order valence-electron chi connectivity index (χ0n) is 6.31. The summed E-state index contributed by atoms with van der Waals surface area (Å²) in [7, 11) is 0. The van der Waals surface area contributed by atoms with Crippen LogP contribution in [-0.2, 0) is 0 Å². The van der Waals surface area contributed by atoms with Crippen molar-refractivity contribution in [2.24, 2.45) is 0 Å². The van der Waals surface area contributed by atoms with Crippen LogP contribution in [-0.4, -0.2) is 11.6 Å². The van der Waals surface area contributed by atoms with Crippen LogP contribution in [0.1, 0.15) is 0 Å². The van der Waals surface area contributed by atoms with Gasteiger partial charge in [-0.15, -0.1) is 24.8 Å². The maximum atomic E-state index is 11.6. The van der Waals surface area contributed by atoms with Gasteiger partial charge in [0.2, 0.25) is 0 Å². The van der Waals surface area contributed by atoms with Gasteiger partial charge in [-0.2, -0.15) is 8.78 Å². The van der Waals surface area contributed by atoms with E-state index in [0.717, 1.165) is 0 Å². The molecular weight excluding hydrogens is 225 g/mol. The van der Waals surface area contributed by atoms with E-state index >= 15 is 0 Å². The van der Waals surface area contributed by atoms with E-state index < -0.39 is 6.61 Å². The number of hydrogen-bond donors (Lipinski definition) is 1. The van der Waals surface area contributed by atoms with Gasteiger partial charge < -0.3 is 10.5 Å². The summed E-state index contributed by atoms with van der Waals surface area (Å²) in [6, 6.07) is 2.54. The van der Waals surface area contributed by atoms with Gasteiger partial charge in [-0.3, -0.25) is 0 Å². The van der Waals surface area contributed by atoms with Crippen LogP contribution in [0.25, 0.3) is 0 Å². The number of aromatic nitrogens is 1. The van der Waals surface area contributed by atoms with Crippen LogP contribution in [0.2, 0.25) is 0 Å². The van der Waals surface area contributed by atoms with E-state index in [1.165, 1.54) is 18.3 Å². The second-order valence-electron chi connectivity index (χ2n) is 1.79. The molecule has 0 aliphatic heterocycles. The lowest BCUT2D eigenvalue weighted by Gasteiger charge is -2.02. The summed E-state index contributed by atoms with van der Waals surface area (Å²) in [5, 5.41) is 0. The Balaban J connectivity index is 0. The Morgan fingerprint density at radius 2 is 2.00 bits per heavy atom. The Labute approximate surface area is 86.1 Å². The molecule has 76 valence electrons. The summed E-state index contributed by atoms with van der Waals surface area (Å²) >= 11 is 0. The molecule has 0 atom stereocenters. The van der Waals surface area contributed by atoms with Crippen molar-refractivity contribution < 1.29 is 13.5 Å². The van der Waals surface area contributed by atoms with Crippen LogP contribution in [0.5, 0.6) is 5.75 Å². The highest BCUT2D eigenvalue weighted by atomic mass is 35.5. The van der Waals surface area contributed by atoms with Gasteiger partial charge in [-0.05, 0) is 6.07 Å². The molecule has 0 aromatic carbocycles. The Bertz CT molecular complexity index is 250. The van der Waals surface area contributed by atoms with E-state index in [-0.39, 0.29) is 36.4 Å². The first-order chi connectivity index (χ1) is 5.18. The predicted molar refractivity (Wildman–Crippen MR) is 49.8 cm³/mol. The summed E-state index contributed by atoms with van der Waals surface area (Å²) in [6.45, 7) is -2.82. The van der Waals surface area contributed by atoms with Gasteiger partial charge in [-0.1, -0.05) is 0 Å². The van der Waals surface area contributed by atoms with Crippen LogP contribution < -0.4 is 10.5 Å². The number of nitrogens with zero attached hydrogens (tertiary/aromatic N) is 1. The number of halogens is 4. The predicted octanol–water partition coefficient (Wildman–Crippen LogP) is 2.11. The van der Waals surface area contributed by atoms with Crippen molar-refractivity contribution >= 4 is 30.6 Å². The lowest BCUT2D eigenvalue weighted by Crippen LogP contribution is -2.02. The Morgan fingerprint density at radius 3 is 2.46 bits per heavy atom. The van der Waals surface area contributed by atoms with E-state index in [0.29, 0.717) is 0 Å². The van der Waals surface area contributed by atoms with Gasteiger partial charge in [-0.25, -0.2) is 4.98 Å².